The standard InChI is InChI=1S/C11H15N5/c1-2-3-7-12-10-5-4-6-11(8-10)16-9-13-14-15-16/h4-6,8-9,12H,2-3,7H2,1H3. The highest BCUT2D eigenvalue weighted by Gasteiger charge is 1.98. The van der Waals surface area contributed by atoms with Gasteiger partial charge in [-0.2, -0.15) is 0 Å². The number of benzene rings is 1. The maximum absolute atomic E-state index is 3.85. The molecule has 0 aliphatic rings. The molecule has 5 nitrogen and oxygen atoms in total. The van der Waals surface area contributed by atoms with Crippen molar-refractivity contribution in [1.82, 2.24) is 20.2 Å². The maximum Gasteiger partial charge on any atom is 0.143 e. The van der Waals surface area contributed by atoms with E-state index in [0.717, 1.165) is 17.9 Å². The average molecular weight is 217 g/mol. The Bertz CT molecular complexity index is 424. The molecule has 1 heterocycles. The monoisotopic (exact) mass is 217 g/mol. The van der Waals surface area contributed by atoms with E-state index in [1.807, 2.05) is 24.3 Å². The van der Waals surface area contributed by atoms with E-state index in [1.165, 1.54) is 12.8 Å². The van der Waals surface area contributed by atoms with Gasteiger partial charge in [0.25, 0.3) is 0 Å². The lowest BCUT2D eigenvalue weighted by Gasteiger charge is -2.06. The first-order valence-electron chi connectivity index (χ1n) is 5.47. The average Bonchev–Trinajstić information content (AvgIpc) is 2.83. The minimum atomic E-state index is 0.964. The van der Waals surface area contributed by atoms with Gasteiger partial charge >= 0.3 is 0 Å². The van der Waals surface area contributed by atoms with Gasteiger partial charge < -0.3 is 5.32 Å². The van der Waals surface area contributed by atoms with Crippen molar-refractivity contribution in [3.63, 3.8) is 0 Å². The third-order valence-electron chi connectivity index (χ3n) is 2.32. The summed E-state index contributed by atoms with van der Waals surface area (Å²) in [5.41, 5.74) is 2.06. The third-order valence-corrected chi connectivity index (χ3v) is 2.32. The van der Waals surface area contributed by atoms with Crippen molar-refractivity contribution in [2.24, 2.45) is 0 Å². The van der Waals surface area contributed by atoms with E-state index in [9.17, 15) is 0 Å². The molecule has 1 aromatic heterocycles. The molecule has 0 spiro atoms. The first-order chi connectivity index (χ1) is 7.90. The second-order valence-corrected chi connectivity index (χ2v) is 3.59. The summed E-state index contributed by atoms with van der Waals surface area (Å²) in [6.45, 7) is 3.18. The summed E-state index contributed by atoms with van der Waals surface area (Å²) in [6.07, 6.45) is 3.96. The number of hydrogen-bond donors (Lipinski definition) is 1. The molecule has 84 valence electrons. The van der Waals surface area contributed by atoms with Gasteiger partial charge in [-0.25, -0.2) is 4.68 Å². The van der Waals surface area contributed by atoms with Crippen molar-refractivity contribution >= 4 is 5.69 Å². The highest BCUT2D eigenvalue weighted by atomic mass is 15.5. The molecule has 1 aromatic carbocycles. The molecule has 2 aromatic rings. The van der Waals surface area contributed by atoms with Crippen LogP contribution in [-0.2, 0) is 0 Å². The Labute approximate surface area is 94.5 Å². The Morgan fingerprint density at radius 1 is 1.38 bits per heavy atom. The molecule has 0 fully saturated rings. The first-order valence-corrected chi connectivity index (χ1v) is 5.47. The molecule has 0 saturated heterocycles. The van der Waals surface area contributed by atoms with Crippen LogP contribution in [0.15, 0.2) is 30.6 Å². The minimum Gasteiger partial charge on any atom is -0.385 e. The molecular formula is C11H15N5. The summed E-state index contributed by atoms with van der Waals surface area (Å²) in [6, 6.07) is 8.04. The fraction of sp³-hybridized carbons (Fsp3) is 0.364. The van der Waals surface area contributed by atoms with Crippen molar-refractivity contribution in [2.75, 3.05) is 11.9 Å². The topological polar surface area (TPSA) is 55.6 Å². The van der Waals surface area contributed by atoms with Crippen molar-refractivity contribution in [2.45, 2.75) is 19.8 Å². The van der Waals surface area contributed by atoms with Crippen molar-refractivity contribution < 1.29 is 0 Å². The van der Waals surface area contributed by atoms with Gasteiger partial charge in [-0.15, -0.1) is 5.10 Å². The van der Waals surface area contributed by atoms with Crippen molar-refractivity contribution in [1.29, 1.82) is 0 Å². The summed E-state index contributed by atoms with van der Waals surface area (Å²) < 4.78 is 1.64. The van der Waals surface area contributed by atoms with Gasteiger partial charge in [-0.3, -0.25) is 0 Å². The molecule has 16 heavy (non-hydrogen) atoms. The largest absolute Gasteiger partial charge is 0.385 e. The molecule has 0 bridgehead atoms. The lowest BCUT2D eigenvalue weighted by atomic mass is 10.2. The number of aromatic nitrogens is 4. The molecule has 2 rings (SSSR count). The van der Waals surface area contributed by atoms with Gasteiger partial charge in [0.1, 0.15) is 6.33 Å². The van der Waals surface area contributed by atoms with E-state index in [-0.39, 0.29) is 0 Å². The first kappa shape index (κ1) is 10.6. The van der Waals surface area contributed by atoms with Crippen LogP contribution in [0.2, 0.25) is 0 Å². The SMILES string of the molecule is CCCCNc1cccc(-n2cnnn2)c1. The van der Waals surface area contributed by atoms with Crippen LogP contribution < -0.4 is 5.32 Å². The van der Waals surface area contributed by atoms with E-state index in [2.05, 4.69) is 27.8 Å². The highest BCUT2D eigenvalue weighted by Crippen LogP contribution is 2.13. The number of nitrogens with one attached hydrogen (secondary N) is 1. The Balaban J connectivity index is 2.08. The van der Waals surface area contributed by atoms with Crippen LogP contribution in [0.25, 0.3) is 5.69 Å². The van der Waals surface area contributed by atoms with Crippen molar-refractivity contribution in [3.05, 3.63) is 30.6 Å². The number of hydrogen-bond acceptors (Lipinski definition) is 4. The number of nitrogens with zero attached hydrogens (tertiary/aromatic N) is 4. The maximum atomic E-state index is 3.85. The quantitative estimate of drug-likeness (QED) is 0.777. The van der Waals surface area contributed by atoms with Crippen LogP contribution in [0.3, 0.4) is 0 Å². The Morgan fingerprint density at radius 2 is 2.31 bits per heavy atom. The Kier molecular flexibility index (Phi) is 3.48. The zero-order chi connectivity index (χ0) is 11.2. The second-order valence-electron chi connectivity index (χ2n) is 3.59. The lowest BCUT2D eigenvalue weighted by molar-refractivity contribution is 0.788. The van der Waals surface area contributed by atoms with Crippen molar-refractivity contribution in [3.8, 4) is 5.69 Å². The molecule has 1 N–H and O–H groups in total. The Morgan fingerprint density at radius 3 is 3.06 bits per heavy atom. The molecular weight excluding hydrogens is 202 g/mol. The van der Waals surface area contributed by atoms with E-state index >= 15 is 0 Å². The number of rotatable bonds is 5. The minimum absolute atomic E-state index is 0.964. The third kappa shape index (κ3) is 2.56. The smallest absolute Gasteiger partial charge is 0.143 e. The number of anilines is 1. The van der Waals surface area contributed by atoms with Crippen LogP contribution >= 0.6 is 0 Å². The summed E-state index contributed by atoms with van der Waals surface area (Å²) in [4.78, 5) is 0. The van der Waals surface area contributed by atoms with E-state index in [4.69, 9.17) is 0 Å². The van der Waals surface area contributed by atoms with E-state index in [1.54, 1.807) is 11.0 Å². The lowest BCUT2D eigenvalue weighted by Crippen LogP contribution is -2.02. The normalized spacial score (nSPS) is 10.3. The summed E-state index contributed by atoms with van der Waals surface area (Å²) in [7, 11) is 0. The van der Waals surface area contributed by atoms with Gasteiger partial charge in [-0.1, -0.05) is 19.4 Å². The van der Waals surface area contributed by atoms with Crippen LogP contribution in [-0.4, -0.2) is 26.8 Å². The summed E-state index contributed by atoms with van der Waals surface area (Å²) in [5, 5.41) is 14.4. The zero-order valence-corrected chi connectivity index (χ0v) is 9.30. The van der Waals surface area contributed by atoms with Crippen LogP contribution in [0.4, 0.5) is 5.69 Å². The van der Waals surface area contributed by atoms with E-state index < -0.39 is 0 Å². The summed E-state index contributed by atoms with van der Waals surface area (Å²) in [5.74, 6) is 0. The molecule has 5 heteroatoms. The molecule has 0 saturated carbocycles. The number of tetrazole rings is 1. The van der Waals surface area contributed by atoms with Crippen LogP contribution in [0.1, 0.15) is 19.8 Å². The van der Waals surface area contributed by atoms with Gasteiger partial charge in [0.2, 0.25) is 0 Å². The predicted molar refractivity (Wildman–Crippen MR) is 62.6 cm³/mol. The van der Waals surface area contributed by atoms with Crippen LogP contribution in [0, 0.1) is 0 Å². The van der Waals surface area contributed by atoms with Crippen LogP contribution in [0.5, 0.6) is 0 Å². The Hall–Kier alpha value is -1.91. The van der Waals surface area contributed by atoms with Gasteiger partial charge in [0.15, 0.2) is 0 Å². The van der Waals surface area contributed by atoms with Gasteiger partial charge in [0, 0.05) is 12.2 Å². The van der Waals surface area contributed by atoms with Gasteiger partial charge in [0.05, 0.1) is 5.69 Å². The zero-order valence-electron chi connectivity index (χ0n) is 9.30. The molecule has 0 aliphatic heterocycles. The fourth-order valence-corrected chi connectivity index (χ4v) is 1.45. The molecule has 0 aliphatic carbocycles. The molecule has 0 amide bonds. The molecule has 0 atom stereocenters. The summed E-state index contributed by atoms with van der Waals surface area (Å²) >= 11 is 0. The molecule has 0 unspecified atom stereocenters. The molecule has 0 radical (unpaired) electrons. The van der Waals surface area contributed by atoms with Gasteiger partial charge in [-0.05, 0) is 35.0 Å². The highest BCUT2D eigenvalue weighted by molar-refractivity contribution is 5.50. The fourth-order valence-electron chi connectivity index (χ4n) is 1.45. The second kappa shape index (κ2) is 5.25. The number of unbranched alkanes of at least 4 members (excludes halogenated alkanes) is 1. The van der Waals surface area contributed by atoms with E-state index in [0.29, 0.717) is 0 Å². The predicted octanol–water partition coefficient (Wildman–Crippen LogP) is 1.87.